The number of hydrogen-bond acceptors (Lipinski definition) is 5. The zero-order chi connectivity index (χ0) is 14.4. The molecule has 0 amide bonds. The minimum atomic E-state index is -1.05. The second-order valence-electron chi connectivity index (χ2n) is 4.06. The zero-order valence-electron chi connectivity index (χ0n) is 11.3. The summed E-state index contributed by atoms with van der Waals surface area (Å²) in [5, 5.41) is 8.87. The maximum absolute atomic E-state index is 10.8. The van der Waals surface area contributed by atoms with Crippen LogP contribution in [0.15, 0.2) is 12.1 Å². The standard InChI is InChI=1S/C13H19NO5/c1-17-7-9-4-8(5-10(14)13(15)16)11(18-2)6-12(9)19-3/h4,6,10H,5,7,14H2,1-3H3,(H,15,16). The fraction of sp³-hybridized carbons (Fsp3) is 0.462. The van der Waals surface area contributed by atoms with Crippen LogP contribution in [0.5, 0.6) is 11.5 Å². The first kappa shape index (κ1) is 15.3. The molecule has 0 radical (unpaired) electrons. The van der Waals surface area contributed by atoms with Crippen molar-refractivity contribution >= 4 is 5.97 Å². The molecule has 1 atom stereocenters. The lowest BCUT2D eigenvalue weighted by Gasteiger charge is -2.15. The first-order valence-corrected chi connectivity index (χ1v) is 5.74. The van der Waals surface area contributed by atoms with E-state index in [-0.39, 0.29) is 6.42 Å². The summed E-state index contributed by atoms with van der Waals surface area (Å²) in [6.07, 6.45) is 0.180. The van der Waals surface area contributed by atoms with Gasteiger partial charge in [-0.3, -0.25) is 4.79 Å². The third-order valence-electron chi connectivity index (χ3n) is 2.74. The molecule has 0 heterocycles. The molecular formula is C13H19NO5. The van der Waals surface area contributed by atoms with Gasteiger partial charge in [-0.05, 0) is 11.6 Å². The van der Waals surface area contributed by atoms with Gasteiger partial charge in [0.25, 0.3) is 0 Å². The molecule has 0 fully saturated rings. The minimum absolute atomic E-state index is 0.180. The number of rotatable bonds is 7. The predicted molar refractivity (Wildman–Crippen MR) is 69.6 cm³/mol. The van der Waals surface area contributed by atoms with Crippen LogP contribution in [0.2, 0.25) is 0 Å². The van der Waals surface area contributed by atoms with Crippen LogP contribution in [0.4, 0.5) is 0 Å². The van der Waals surface area contributed by atoms with Gasteiger partial charge >= 0.3 is 5.97 Å². The monoisotopic (exact) mass is 269 g/mol. The molecule has 1 aromatic rings. The van der Waals surface area contributed by atoms with E-state index in [0.717, 1.165) is 5.56 Å². The number of aliphatic carboxylic acids is 1. The maximum Gasteiger partial charge on any atom is 0.320 e. The number of carbonyl (C=O) groups is 1. The van der Waals surface area contributed by atoms with Crippen molar-refractivity contribution in [1.29, 1.82) is 0 Å². The van der Waals surface area contributed by atoms with Crippen LogP contribution < -0.4 is 15.2 Å². The minimum Gasteiger partial charge on any atom is -0.496 e. The zero-order valence-corrected chi connectivity index (χ0v) is 11.3. The van der Waals surface area contributed by atoms with Crippen molar-refractivity contribution in [2.45, 2.75) is 19.1 Å². The SMILES string of the molecule is COCc1cc(CC(N)C(=O)O)c(OC)cc1OC. The van der Waals surface area contributed by atoms with Gasteiger partial charge < -0.3 is 25.1 Å². The van der Waals surface area contributed by atoms with Crippen molar-refractivity contribution in [3.8, 4) is 11.5 Å². The third kappa shape index (κ3) is 3.84. The largest absolute Gasteiger partial charge is 0.496 e. The molecule has 0 aliphatic rings. The van der Waals surface area contributed by atoms with Crippen LogP contribution in [0.25, 0.3) is 0 Å². The molecule has 1 rings (SSSR count). The molecule has 0 bridgehead atoms. The van der Waals surface area contributed by atoms with E-state index in [1.54, 1.807) is 26.4 Å². The van der Waals surface area contributed by atoms with E-state index in [9.17, 15) is 4.79 Å². The van der Waals surface area contributed by atoms with Gasteiger partial charge in [-0.25, -0.2) is 0 Å². The van der Waals surface area contributed by atoms with Gasteiger partial charge in [-0.15, -0.1) is 0 Å². The highest BCUT2D eigenvalue weighted by molar-refractivity contribution is 5.73. The van der Waals surface area contributed by atoms with Crippen LogP contribution in [0.1, 0.15) is 11.1 Å². The molecule has 1 unspecified atom stereocenters. The molecule has 6 heteroatoms. The Bertz CT molecular complexity index is 447. The van der Waals surface area contributed by atoms with E-state index in [1.807, 2.05) is 0 Å². The summed E-state index contributed by atoms with van der Waals surface area (Å²) in [5.74, 6) is 0.130. The van der Waals surface area contributed by atoms with E-state index in [1.165, 1.54) is 7.11 Å². The number of nitrogens with two attached hydrogens (primary N) is 1. The van der Waals surface area contributed by atoms with Gasteiger partial charge in [0.05, 0.1) is 20.8 Å². The number of ether oxygens (including phenoxy) is 3. The number of carboxylic acids is 1. The number of hydrogen-bond donors (Lipinski definition) is 2. The van der Waals surface area contributed by atoms with Crippen LogP contribution in [-0.4, -0.2) is 38.4 Å². The second-order valence-corrected chi connectivity index (χ2v) is 4.06. The number of carboxylic acid groups (broad SMARTS) is 1. The van der Waals surface area contributed by atoms with E-state index in [0.29, 0.717) is 23.7 Å². The highest BCUT2D eigenvalue weighted by Crippen LogP contribution is 2.30. The summed E-state index contributed by atoms with van der Waals surface area (Å²) in [6.45, 7) is 0.364. The van der Waals surface area contributed by atoms with Crippen LogP contribution >= 0.6 is 0 Å². The molecule has 106 valence electrons. The molecule has 0 aliphatic carbocycles. The van der Waals surface area contributed by atoms with Crippen LogP contribution in [-0.2, 0) is 22.6 Å². The number of methoxy groups -OCH3 is 3. The normalized spacial score (nSPS) is 12.0. The molecule has 0 saturated carbocycles. The average molecular weight is 269 g/mol. The van der Waals surface area contributed by atoms with E-state index in [2.05, 4.69) is 0 Å². The Labute approximate surface area is 112 Å². The maximum atomic E-state index is 10.8. The Balaban J connectivity index is 3.13. The van der Waals surface area contributed by atoms with Gasteiger partial charge in [0.2, 0.25) is 0 Å². The predicted octanol–water partition coefficient (Wildman–Crippen LogP) is 0.805. The first-order chi connectivity index (χ1) is 9.03. The highest BCUT2D eigenvalue weighted by atomic mass is 16.5. The Morgan fingerprint density at radius 3 is 2.26 bits per heavy atom. The first-order valence-electron chi connectivity index (χ1n) is 5.74. The Morgan fingerprint density at radius 2 is 1.79 bits per heavy atom. The van der Waals surface area contributed by atoms with Crippen molar-refractivity contribution < 1.29 is 24.1 Å². The van der Waals surface area contributed by atoms with E-state index in [4.69, 9.17) is 25.1 Å². The fourth-order valence-corrected chi connectivity index (χ4v) is 1.79. The summed E-state index contributed by atoms with van der Waals surface area (Å²) in [6, 6.07) is 2.53. The molecule has 1 aromatic carbocycles. The Morgan fingerprint density at radius 1 is 1.21 bits per heavy atom. The molecule has 0 aromatic heterocycles. The summed E-state index contributed by atoms with van der Waals surface area (Å²) < 4.78 is 15.6. The second kappa shape index (κ2) is 6.96. The van der Waals surface area contributed by atoms with Crippen LogP contribution in [0.3, 0.4) is 0 Å². The lowest BCUT2D eigenvalue weighted by molar-refractivity contribution is -0.138. The third-order valence-corrected chi connectivity index (χ3v) is 2.74. The summed E-state index contributed by atoms with van der Waals surface area (Å²) >= 11 is 0. The molecule has 3 N–H and O–H groups in total. The van der Waals surface area contributed by atoms with E-state index >= 15 is 0 Å². The Hall–Kier alpha value is -1.79. The fourth-order valence-electron chi connectivity index (χ4n) is 1.79. The Kier molecular flexibility index (Phi) is 5.59. The topological polar surface area (TPSA) is 91.0 Å². The summed E-state index contributed by atoms with van der Waals surface area (Å²) in [7, 11) is 4.64. The van der Waals surface area contributed by atoms with Crippen molar-refractivity contribution in [2.24, 2.45) is 5.73 Å². The summed E-state index contributed by atoms with van der Waals surface area (Å²) in [5.41, 5.74) is 7.08. The number of benzene rings is 1. The van der Waals surface area contributed by atoms with Crippen molar-refractivity contribution in [3.63, 3.8) is 0 Å². The average Bonchev–Trinajstić information content (AvgIpc) is 2.39. The molecule has 0 spiro atoms. The smallest absolute Gasteiger partial charge is 0.320 e. The molecule has 19 heavy (non-hydrogen) atoms. The molecular weight excluding hydrogens is 250 g/mol. The van der Waals surface area contributed by atoms with Gasteiger partial charge in [0.1, 0.15) is 17.5 Å². The van der Waals surface area contributed by atoms with Crippen molar-refractivity contribution in [1.82, 2.24) is 0 Å². The lowest BCUT2D eigenvalue weighted by atomic mass is 10.0. The molecule has 0 saturated heterocycles. The van der Waals surface area contributed by atoms with Crippen molar-refractivity contribution in [2.75, 3.05) is 21.3 Å². The van der Waals surface area contributed by atoms with E-state index < -0.39 is 12.0 Å². The molecule has 0 aliphatic heterocycles. The van der Waals surface area contributed by atoms with Gasteiger partial charge in [0, 0.05) is 25.2 Å². The van der Waals surface area contributed by atoms with Crippen LogP contribution in [0, 0.1) is 0 Å². The van der Waals surface area contributed by atoms with Gasteiger partial charge in [-0.1, -0.05) is 0 Å². The molecule has 6 nitrogen and oxygen atoms in total. The van der Waals surface area contributed by atoms with Gasteiger partial charge in [-0.2, -0.15) is 0 Å². The van der Waals surface area contributed by atoms with Crippen molar-refractivity contribution in [3.05, 3.63) is 23.3 Å². The van der Waals surface area contributed by atoms with Gasteiger partial charge in [0.15, 0.2) is 0 Å². The lowest BCUT2D eigenvalue weighted by Crippen LogP contribution is -2.32. The quantitative estimate of drug-likeness (QED) is 0.761. The highest BCUT2D eigenvalue weighted by Gasteiger charge is 2.17. The summed E-state index contributed by atoms with van der Waals surface area (Å²) in [4.78, 5) is 10.8.